The Kier molecular flexibility index (Phi) is 2.33. The van der Waals surface area contributed by atoms with Gasteiger partial charge in [-0.1, -0.05) is 0 Å². The van der Waals surface area contributed by atoms with Crippen LogP contribution in [-0.2, 0) is 14.6 Å². The molecule has 1 aliphatic heterocycles. The predicted molar refractivity (Wildman–Crippen MR) is 37.1 cm³/mol. The molecular weight excluding hydrogens is 153 g/mol. The summed E-state index contributed by atoms with van der Waals surface area (Å²) in [7, 11) is 1.38. The normalized spacial score (nSPS) is 22.8. The van der Waals surface area contributed by atoms with Crippen molar-refractivity contribution in [1.82, 2.24) is 4.31 Å². The standard InChI is InChI=1S/C4H8BNO3S/c5-10(7,8)6-1-3-9-4-2-6/h1-4H2. The van der Waals surface area contributed by atoms with Gasteiger partial charge < -0.3 is 4.74 Å². The molecule has 6 heteroatoms. The lowest BCUT2D eigenvalue weighted by Gasteiger charge is -2.24. The predicted octanol–water partition coefficient (Wildman–Crippen LogP) is -1.27. The van der Waals surface area contributed by atoms with Crippen molar-refractivity contribution in [2.24, 2.45) is 0 Å². The van der Waals surface area contributed by atoms with E-state index in [1.165, 1.54) is 4.31 Å². The molecule has 0 aromatic carbocycles. The topological polar surface area (TPSA) is 46.6 Å². The molecule has 0 aromatic heterocycles. The van der Waals surface area contributed by atoms with E-state index in [2.05, 4.69) is 0 Å². The molecular formula is C4H8BNO3S. The zero-order chi connectivity index (χ0) is 7.61. The summed E-state index contributed by atoms with van der Waals surface area (Å²) in [6.45, 7) is 1.63. The fourth-order valence-electron chi connectivity index (χ4n) is 0.801. The van der Waals surface area contributed by atoms with Crippen LogP contribution in [0.4, 0.5) is 0 Å². The number of nitrogens with zero attached hydrogens (tertiary/aromatic N) is 1. The summed E-state index contributed by atoms with van der Waals surface area (Å²) in [6, 6.07) is 0. The molecule has 0 amide bonds. The van der Waals surface area contributed by atoms with E-state index in [0.717, 1.165) is 0 Å². The van der Waals surface area contributed by atoms with Crippen LogP contribution in [0.2, 0.25) is 0 Å². The van der Waals surface area contributed by atoms with Gasteiger partial charge in [0.15, 0.2) is 9.87 Å². The maximum absolute atomic E-state index is 10.6. The quantitative estimate of drug-likeness (QED) is 0.450. The van der Waals surface area contributed by atoms with Gasteiger partial charge in [-0.25, -0.2) is 12.7 Å². The van der Waals surface area contributed by atoms with Crippen LogP contribution in [0.15, 0.2) is 0 Å². The fourth-order valence-corrected chi connectivity index (χ4v) is 1.46. The number of morpholine rings is 1. The lowest BCUT2D eigenvalue weighted by Crippen LogP contribution is -2.40. The highest BCUT2D eigenvalue weighted by Crippen LogP contribution is 2.00. The third-order valence-corrected chi connectivity index (χ3v) is 2.41. The highest BCUT2D eigenvalue weighted by Gasteiger charge is 2.18. The largest absolute Gasteiger partial charge is 0.379 e. The lowest BCUT2D eigenvalue weighted by molar-refractivity contribution is 0.0740. The molecule has 1 saturated heterocycles. The molecule has 0 saturated carbocycles. The van der Waals surface area contributed by atoms with Crippen LogP contribution in [0.25, 0.3) is 0 Å². The molecule has 0 aliphatic carbocycles. The van der Waals surface area contributed by atoms with Crippen molar-refractivity contribution in [3.05, 3.63) is 0 Å². The first-order valence-corrected chi connectivity index (χ1v) is 4.46. The summed E-state index contributed by atoms with van der Waals surface area (Å²) in [5, 5.41) is 0. The summed E-state index contributed by atoms with van der Waals surface area (Å²) in [5.41, 5.74) is 0. The first-order chi connectivity index (χ1) is 4.61. The molecule has 1 aliphatic rings. The summed E-state index contributed by atoms with van der Waals surface area (Å²) >= 11 is 0. The van der Waals surface area contributed by atoms with Crippen molar-refractivity contribution in [2.45, 2.75) is 0 Å². The molecule has 10 heavy (non-hydrogen) atoms. The zero-order valence-electron chi connectivity index (χ0n) is 5.49. The third kappa shape index (κ3) is 1.97. The Balaban J connectivity index is 2.56. The first kappa shape index (κ1) is 8.04. The van der Waals surface area contributed by atoms with E-state index in [1.807, 2.05) is 0 Å². The fraction of sp³-hybridized carbons (Fsp3) is 1.00. The van der Waals surface area contributed by atoms with Gasteiger partial charge in [0.05, 0.1) is 13.2 Å². The van der Waals surface area contributed by atoms with E-state index in [0.29, 0.717) is 26.3 Å². The van der Waals surface area contributed by atoms with Gasteiger partial charge in [-0.15, -0.1) is 0 Å². The van der Waals surface area contributed by atoms with Crippen molar-refractivity contribution in [2.75, 3.05) is 26.3 Å². The second-order valence-electron chi connectivity index (χ2n) is 2.06. The molecule has 0 unspecified atom stereocenters. The highest BCUT2D eigenvalue weighted by molar-refractivity contribution is 8.10. The molecule has 0 bridgehead atoms. The van der Waals surface area contributed by atoms with Crippen LogP contribution in [-0.4, -0.2) is 46.2 Å². The Morgan fingerprint density at radius 3 is 2.10 bits per heavy atom. The number of hydrogen-bond acceptors (Lipinski definition) is 3. The molecule has 1 rings (SSSR count). The van der Waals surface area contributed by atoms with Gasteiger partial charge in [0.25, 0.3) is 7.12 Å². The van der Waals surface area contributed by atoms with Crippen molar-refractivity contribution in [3.63, 3.8) is 0 Å². The van der Waals surface area contributed by atoms with Gasteiger partial charge in [0.2, 0.25) is 0 Å². The Bertz CT molecular complexity index is 197. The van der Waals surface area contributed by atoms with Gasteiger partial charge in [0.1, 0.15) is 0 Å². The smallest absolute Gasteiger partial charge is 0.278 e. The number of ether oxygens (including phenoxy) is 1. The average molecular weight is 161 g/mol. The van der Waals surface area contributed by atoms with Gasteiger partial charge in [-0.05, 0) is 0 Å². The maximum atomic E-state index is 10.6. The minimum atomic E-state index is -3.47. The van der Waals surface area contributed by atoms with Crippen LogP contribution < -0.4 is 0 Å². The summed E-state index contributed by atoms with van der Waals surface area (Å²) in [4.78, 5) is 0. The Morgan fingerprint density at radius 2 is 1.80 bits per heavy atom. The van der Waals surface area contributed by atoms with E-state index in [9.17, 15) is 8.42 Å². The van der Waals surface area contributed by atoms with Gasteiger partial charge in [-0.3, -0.25) is 0 Å². The SMILES string of the molecule is [B]S(=O)(=O)N1CCOCC1. The van der Waals surface area contributed by atoms with Crippen LogP contribution in [0.3, 0.4) is 0 Å². The molecule has 0 atom stereocenters. The van der Waals surface area contributed by atoms with Gasteiger partial charge >= 0.3 is 0 Å². The Morgan fingerprint density at radius 1 is 1.30 bits per heavy atom. The van der Waals surface area contributed by atoms with Crippen LogP contribution >= 0.6 is 0 Å². The third-order valence-electron chi connectivity index (χ3n) is 1.33. The minimum Gasteiger partial charge on any atom is -0.379 e. The molecule has 0 aromatic rings. The van der Waals surface area contributed by atoms with Gasteiger partial charge in [-0.2, -0.15) is 0 Å². The van der Waals surface area contributed by atoms with E-state index in [4.69, 9.17) is 11.9 Å². The summed E-state index contributed by atoms with van der Waals surface area (Å²) in [5.74, 6) is 0. The van der Waals surface area contributed by atoms with Crippen molar-refractivity contribution < 1.29 is 13.2 Å². The molecule has 0 N–H and O–H groups in total. The molecule has 2 radical (unpaired) electrons. The second kappa shape index (κ2) is 2.90. The first-order valence-electron chi connectivity index (χ1n) is 2.96. The number of hydrogen-bond donors (Lipinski definition) is 0. The maximum Gasteiger partial charge on any atom is 0.278 e. The van der Waals surface area contributed by atoms with Crippen molar-refractivity contribution >= 4 is 17.0 Å². The van der Waals surface area contributed by atoms with Crippen LogP contribution in [0, 0.1) is 0 Å². The van der Waals surface area contributed by atoms with Crippen molar-refractivity contribution in [1.29, 1.82) is 0 Å². The Hall–Kier alpha value is -0.0651. The molecule has 1 fully saturated rings. The molecule has 56 valence electrons. The van der Waals surface area contributed by atoms with Gasteiger partial charge in [0, 0.05) is 13.1 Å². The average Bonchev–Trinajstić information content (AvgIpc) is 1.88. The van der Waals surface area contributed by atoms with Crippen LogP contribution in [0.1, 0.15) is 0 Å². The van der Waals surface area contributed by atoms with E-state index < -0.39 is 9.87 Å². The monoisotopic (exact) mass is 161 g/mol. The summed E-state index contributed by atoms with van der Waals surface area (Å²) in [6.07, 6.45) is 0. The minimum absolute atomic E-state index is 0.374. The van der Waals surface area contributed by atoms with Crippen LogP contribution in [0.5, 0.6) is 0 Å². The lowest BCUT2D eigenvalue weighted by atomic mass is 10.5. The molecule has 4 nitrogen and oxygen atoms in total. The van der Waals surface area contributed by atoms with E-state index in [-0.39, 0.29) is 0 Å². The Labute approximate surface area is 61.5 Å². The highest BCUT2D eigenvalue weighted by atomic mass is 32.2. The second-order valence-corrected chi connectivity index (χ2v) is 3.60. The molecule has 1 heterocycles. The zero-order valence-corrected chi connectivity index (χ0v) is 6.30. The van der Waals surface area contributed by atoms with E-state index in [1.54, 1.807) is 0 Å². The number of rotatable bonds is 1. The van der Waals surface area contributed by atoms with E-state index >= 15 is 0 Å². The van der Waals surface area contributed by atoms with Crippen molar-refractivity contribution in [3.8, 4) is 0 Å². The summed E-state index contributed by atoms with van der Waals surface area (Å²) < 4.78 is 27.4. The molecule has 0 spiro atoms.